The van der Waals surface area contributed by atoms with Crippen LogP contribution >= 0.6 is 0 Å². The number of rotatable bonds is 1. The molecule has 2 aromatic carbocycles. The van der Waals surface area contributed by atoms with Crippen LogP contribution < -0.4 is 11.1 Å². The van der Waals surface area contributed by atoms with Gasteiger partial charge in [-0.3, -0.25) is 9.59 Å². The van der Waals surface area contributed by atoms with Crippen molar-refractivity contribution in [1.29, 1.82) is 0 Å². The van der Waals surface area contributed by atoms with E-state index in [4.69, 9.17) is 5.73 Å². The minimum Gasteiger partial charge on any atom is -0.361 e. The predicted molar refractivity (Wildman–Crippen MR) is 72.5 cm³/mol. The fourth-order valence-corrected chi connectivity index (χ4v) is 2.46. The van der Waals surface area contributed by atoms with Gasteiger partial charge in [0.25, 0.3) is 0 Å². The smallest absolute Gasteiger partial charge is 0.313 e. The molecule has 4 heteroatoms. The molecule has 0 radical (unpaired) electrons. The molecule has 0 saturated heterocycles. The Balaban J connectivity index is 2.04. The van der Waals surface area contributed by atoms with Crippen LogP contribution in [0.3, 0.4) is 0 Å². The third-order valence-electron chi connectivity index (χ3n) is 3.32. The van der Waals surface area contributed by atoms with Crippen molar-refractivity contribution in [3.05, 3.63) is 53.6 Å². The van der Waals surface area contributed by atoms with Crippen LogP contribution in [0.4, 0.5) is 5.69 Å². The quantitative estimate of drug-likeness (QED) is 0.647. The molecule has 19 heavy (non-hydrogen) atoms. The first-order valence-corrected chi connectivity index (χ1v) is 5.98. The molecular formula is C15H12N2O2. The van der Waals surface area contributed by atoms with Gasteiger partial charge in [0.15, 0.2) is 0 Å². The highest BCUT2D eigenvalue weighted by atomic mass is 16.2. The van der Waals surface area contributed by atoms with Gasteiger partial charge in [-0.15, -0.1) is 0 Å². The number of hydrogen-bond acceptors (Lipinski definition) is 2. The van der Waals surface area contributed by atoms with Crippen molar-refractivity contribution in [2.45, 2.75) is 6.42 Å². The zero-order valence-electron chi connectivity index (χ0n) is 10.1. The lowest BCUT2D eigenvalue weighted by Gasteiger charge is -2.08. The van der Waals surface area contributed by atoms with Gasteiger partial charge >= 0.3 is 11.8 Å². The molecule has 0 aromatic heterocycles. The van der Waals surface area contributed by atoms with E-state index in [-0.39, 0.29) is 0 Å². The molecule has 3 rings (SSSR count). The van der Waals surface area contributed by atoms with Crippen LogP contribution in [0.2, 0.25) is 0 Å². The van der Waals surface area contributed by atoms with E-state index in [1.54, 1.807) is 6.07 Å². The number of fused-ring (bicyclic) bond motifs is 3. The molecule has 0 fully saturated rings. The van der Waals surface area contributed by atoms with Gasteiger partial charge in [0, 0.05) is 12.1 Å². The maximum Gasteiger partial charge on any atom is 0.313 e. The van der Waals surface area contributed by atoms with Crippen LogP contribution in [0.1, 0.15) is 11.1 Å². The molecule has 2 amide bonds. The van der Waals surface area contributed by atoms with E-state index < -0.39 is 11.8 Å². The summed E-state index contributed by atoms with van der Waals surface area (Å²) in [6, 6.07) is 13.8. The lowest BCUT2D eigenvalue weighted by molar-refractivity contribution is -0.134. The highest BCUT2D eigenvalue weighted by molar-refractivity contribution is 6.39. The van der Waals surface area contributed by atoms with Gasteiger partial charge in [0.05, 0.1) is 0 Å². The van der Waals surface area contributed by atoms with Gasteiger partial charge in [-0.1, -0.05) is 36.4 Å². The first kappa shape index (κ1) is 11.5. The second-order valence-electron chi connectivity index (χ2n) is 4.48. The van der Waals surface area contributed by atoms with Crippen molar-refractivity contribution in [2.24, 2.45) is 5.73 Å². The van der Waals surface area contributed by atoms with Gasteiger partial charge in [0.2, 0.25) is 0 Å². The number of benzene rings is 2. The number of hydrogen-bond donors (Lipinski definition) is 2. The zero-order valence-corrected chi connectivity index (χ0v) is 10.1. The van der Waals surface area contributed by atoms with Gasteiger partial charge in [-0.2, -0.15) is 0 Å². The van der Waals surface area contributed by atoms with Crippen molar-refractivity contribution in [2.75, 3.05) is 5.32 Å². The van der Waals surface area contributed by atoms with Gasteiger partial charge < -0.3 is 11.1 Å². The lowest BCUT2D eigenvalue weighted by atomic mass is 10.0. The molecule has 0 spiro atoms. The van der Waals surface area contributed by atoms with Crippen molar-refractivity contribution >= 4 is 17.5 Å². The highest BCUT2D eigenvalue weighted by Crippen LogP contribution is 2.39. The second kappa shape index (κ2) is 4.24. The molecule has 0 bridgehead atoms. The minimum absolute atomic E-state index is 0.650. The predicted octanol–water partition coefficient (Wildman–Crippen LogP) is 1.68. The number of amides is 2. The summed E-state index contributed by atoms with van der Waals surface area (Å²) in [4.78, 5) is 22.2. The second-order valence-corrected chi connectivity index (χ2v) is 4.48. The van der Waals surface area contributed by atoms with E-state index >= 15 is 0 Å². The summed E-state index contributed by atoms with van der Waals surface area (Å²) in [5.41, 5.74) is 10.1. The Morgan fingerprint density at radius 3 is 2.53 bits per heavy atom. The fourth-order valence-electron chi connectivity index (χ4n) is 2.46. The van der Waals surface area contributed by atoms with E-state index in [1.165, 1.54) is 11.1 Å². The highest BCUT2D eigenvalue weighted by Gasteiger charge is 2.21. The Kier molecular flexibility index (Phi) is 2.56. The minimum atomic E-state index is -0.979. The molecule has 1 aliphatic rings. The maximum atomic E-state index is 11.4. The van der Waals surface area contributed by atoms with Crippen molar-refractivity contribution in [3.63, 3.8) is 0 Å². The van der Waals surface area contributed by atoms with Crippen LogP contribution in [0.25, 0.3) is 11.1 Å². The van der Waals surface area contributed by atoms with Gasteiger partial charge in [-0.05, 0) is 28.3 Å². The Bertz CT molecular complexity index is 692. The molecule has 4 nitrogen and oxygen atoms in total. The third-order valence-corrected chi connectivity index (χ3v) is 3.32. The van der Waals surface area contributed by atoms with Crippen molar-refractivity contribution in [3.8, 4) is 11.1 Å². The summed E-state index contributed by atoms with van der Waals surface area (Å²) in [5.74, 6) is -1.77. The lowest BCUT2D eigenvalue weighted by Crippen LogP contribution is -2.29. The topological polar surface area (TPSA) is 72.2 Å². The summed E-state index contributed by atoms with van der Waals surface area (Å²) >= 11 is 0. The van der Waals surface area contributed by atoms with Crippen LogP contribution in [0, 0.1) is 0 Å². The largest absolute Gasteiger partial charge is 0.361 e. The van der Waals surface area contributed by atoms with E-state index in [0.29, 0.717) is 5.69 Å². The summed E-state index contributed by atoms with van der Waals surface area (Å²) in [5, 5.41) is 2.56. The van der Waals surface area contributed by atoms with E-state index in [1.807, 2.05) is 24.3 Å². The third kappa shape index (κ3) is 1.87. The molecule has 0 saturated carbocycles. The standard InChI is InChI=1S/C15H12N2O2/c16-14(18)15(19)17-13-7-3-6-11-10-5-2-1-4-9(10)8-12(11)13/h1-7H,8H2,(H2,16,18)(H,17,19). The average molecular weight is 252 g/mol. The average Bonchev–Trinajstić information content (AvgIpc) is 2.78. The molecule has 94 valence electrons. The van der Waals surface area contributed by atoms with Crippen LogP contribution in [-0.2, 0) is 16.0 Å². The number of carbonyl (C=O) groups is 2. The van der Waals surface area contributed by atoms with Crippen molar-refractivity contribution in [1.82, 2.24) is 0 Å². The summed E-state index contributed by atoms with van der Waals surface area (Å²) in [6.07, 6.45) is 0.751. The molecular weight excluding hydrogens is 240 g/mol. The first-order valence-electron chi connectivity index (χ1n) is 5.98. The number of nitrogens with two attached hydrogens (primary N) is 1. The summed E-state index contributed by atoms with van der Waals surface area (Å²) in [7, 11) is 0. The molecule has 0 aliphatic heterocycles. The molecule has 0 heterocycles. The first-order chi connectivity index (χ1) is 9.16. The maximum absolute atomic E-state index is 11.4. The molecule has 3 N–H and O–H groups in total. The van der Waals surface area contributed by atoms with Gasteiger partial charge in [0.1, 0.15) is 0 Å². The number of primary amides is 1. The number of carbonyl (C=O) groups excluding carboxylic acids is 2. The Hall–Kier alpha value is -2.62. The van der Waals surface area contributed by atoms with Crippen LogP contribution in [0.5, 0.6) is 0 Å². The van der Waals surface area contributed by atoms with Crippen LogP contribution in [-0.4, -0.2) is 11.8 Å². The Morgan fingerprint density at radius 2 is 1.74 bits per heavy atom. The number of nitrogens with one attached hydrogen (secondary N) is 1. The SMILES string of the molecule is NC(=O)C(=O)Nc1cccc2c1Cc1ccccc1-2. The molecule has 1 aliphatic carbocycles. The van der Waals surface area contributed by atoms with Gasteiger partial charge in [-0.25, -0.2) is 0 Å². The molecule has 0 atom stereocenters. The normalized spacial score (nSPS) is 11.6. The number of anilines is 1. The fraction of sp³-hybridized carbons (Fsp3) is 0.0667. The summed E-state index contributed by atoms with van der Waals surface area (Å²) in [6.45, 7) is 0. The van der Waals surface area contributed by atoms with E-state index in [2.05, 4.69) is 17.4 Å². The Morgan fingerprint density at radius 1 is 1.00 bits per heavy atom. The van der Waals surface area contributed by atoms with E-state index in [9.17, 15) is 9.59 Å². The zero-order chi connectivity index (χ0) is 13.4. The Labute approximate surface area is 110 Å². The monoisotopic (exact) mass is 252 g/mol. The molecule has 0 unspecified atom stereocenters. The van der Waals surface area contributed by atoms with Crippen molar-refractivity contribution < 1.29 is 9.59 Å². The molecule has 2 aromatic rings. The van der Waals surface area contributed by atoms with E-state index in [0.717, 1.165) is 17.5 Å². The summed E-state index contributed by atoms with van der Waals surface area (Å²) < 4.78 is 0. The van der Waals surface area contributed by atoms with Crippen LogP contribution in [0.15, 0.2) is 42.5 Å².